The first-order chi connectivity index (χ1) is 6.36. The van der Waals surface area contributed by atoms with Gasteiger partial charge >= 0.3 is 0 Å². The first-order valence-corrected chi connectivity index (χ1v) is 4.25. The van der Waals surface area contributed by atoms with E-state index in [-0.39, 0.29) is 5.78 Å². The molecule has 0 saturated carbocycles. The molecule has 0 N–H and O–H groups in total. The Bertz CT molecular complexity index is 511. The Morgan fingerprint density at radius 1 is 1.23 bits per heavy atom. The zero-order valence-electron chi connectivity index (χ0n) is 6.95. The van der Waals surface area contributed by atoms with Crippen LogP contribution in [0.5, 0.6) is 0 Å². The summed E-state index contributed by atoms with van der Waals surface area (Å²) in [5, 5.41) is 2.17. The van der Waals surface area contributed by atoms with Crippen molar-refractivity contribution in [1.29, 1.82) is 0 Å². The Morgan fingerprint density at radius 3 is 3.08 bits per heavy atom. The molecule has 0 atom stereocenters. The molecule has 0 bridgehead atoms. The zero-order valence-corrected chi connectivity index (χ0v) is 6.95. The van der Waals surface area contributed by atoms with Crippen LogP contribution >= 0.6 is 0 Å². The highest BCUT2D eigenvalue weighted by atomic mass is 16.1. The summed E-state index contributed by atoms with van der Waals surface area (Å²) >= 11 is 0. The maximum atomic E-state index is 11.5. The fourth-order valence-electron chi connectivity index (χ4n) is 1.94. The number of pyridine rings is 1. The van der Waals surface area contributed by atoms with Crippen molar-refractivity contribution in [3.8, 4) is 0 Å². The average molecular weight is 169 g/mol. The minimum absolute atomic E-state index is 0.216. The van der Waals surface area contributed by atoms with Gasteiger partial charge in [0.15, 0.2) is 5.78 Å². The maximum Gasteiger partial charge on any atom is 0.167 e. The third-order valence-electron chi connectivity index (χ3n) is 2.51. The Hall–Kier alpha value is -1.70. The second-order valence-corrected chi connectivity index (χ2v) is 3.30. The van der Waals surface area contributed by atoms with Crippen molar-refractivity contribution in [3.63, 3.8) is 0 Å². The van der Waals surface area contributed by atoms with Crippen LogP contribution in [0, 0.1) is 0 Å². The second-order valence-electron chi connectivity index (χ2n) is 3.30. The summed E-state index contributed by atoms with van der Waals surface area (Å²) in [6.45, 7) is 0. The Balaban J connectivity index is 2.58. The van der Waals surface area contributed by atoms with Gasteiger partial charge in [0.05, 0.1) is 0 Å². The van der Waals surface area contributed by atoms with Crippen LogP contribution in [0.25, 0.3) is 10.8 Å². The summed E-state index contributed by atoms with van der Waals surface area (Å²) in [4.78, 5) is 15.6. The third-order valence-corrected chi connectivity index (χ3v) is 2.51. The summed E-state index contributed by atoms with van der Waals surface area (Å²) in [5.41, 5.74) is 1.92. The van der Waals surface area contributed by atoms with Crippen LogP contribution in [-0.4, -0.2) is 10.8 Å². The number of hydrogen-bond acceptors (Lipinski definition) is 2. The van der Waals surface area contributed by atoms with Crippen molar-refractivity contribution in [3.05, 3.63) is 41.7 Å². The van der Waals surface area contributed by atoms with Crippen molar-refractivity contribution in [2.45, 2.75) is 6.42 Å². The Labute approximate surface area is 75.2 Å². The summed E-state index contributed by atoms with van der Waals surface area (Å²) in [6.07, 6.45) is 4.11. The van der Waals surface area contributed by atoms with E-state index in [2.05, 4.69) is 4.98 Å². The number of Topliss-reactive ketones (excluding diaryl/α,β-unsaturated/α-hetero) is 1. The first kappa shape index (κ1) is 6.78. The summed E-state index contributed by atoms with van der Waals surface area (Å²) in [7, 11) is 0. The van der Waals surface area contributed by atoms with E-state index in [0.717, 1.165) is 21.9 Å². The number of hydrogen-bond donors (Lipinski definition) is 0. The molecule has 3 rings (SSSR count). The number of nitrogens with zero attached hydrogens (tertiary/aromatic N) is 1. The van der Waals surface area contributed by atoms with Crippen LogP contribution in [-0.2, 0) is 6.42 Å². The van der Waals surface area contributed by atoms with Gasteiger partial charge in [-0.2, -0.15) is 0 Å². The van der Waals surface area contributed by atoms with Crippen LogP contribution in [0.4, 0.5) is 0 Å². The van der Waals surface area contributed by atoms with Gasteiger partial charge < -0.3 is 0 Å². The topological polar surface area (TPSA) is 30.0 Å². The lowest BCUT2D eigenvalue weighted by Gasteiger charge is -1.97. The molecular weight excluding hydrogens is 162 g/mol. The Morgan fingerprint density at radius 2 is 2.15 bits per heavy atom. The number of carbonyl (C=O) groups is 1. The minimum atomic E-state index is 0.216. The molecule has 62 valence electrons. The van der Waals surface area contributed by atoms with E-state index < -0.39 is 0 Å². The highest BCUT2D eigenvalue weighted by Crippen LogP contribution is 2.29. The number of ketones is 1. The molecule has 0 aliphatic heterocycles. The third kappa shape index (κ3) is 0.773. The fraction of sp³-hybridized carbons (Fsp3) is 0.0909. The summed E-state index contributed by atoms with van der Waals surface area (Å²) in [6, 6.07) is 5.79. The van der Waals surface area contributed by atoms with Gasteiger partial charge in [0, 0.05) is 29.8 Å². The number of rotatable bonds is 0. The number of carbonyl (C=O) groups excluding carboxylic acids is 1. The SMILES string of the molecule is O=C1Cc2cncc3cccc1c23. The fourth-order valence-corrected chi connectivity index (χ4v) is 1.94. The predicted molar refractivity (Wildman–Crippen MR) is 49.8 cm³/mol. The van der Waals surface area contributed by atoms with Gasteiger partial charge in [-0.05, 0) is 10.9 Å². The van der Waals surface area contributed by atoms with Crippen molar-refractivity contribution < 1.29 is 4.79 Å². The minimum Gasteiger partial charge on any atom is -0.294 e. The van der Waals surface area contributed by atoms with E-state index >= 15 is 0 Å². The van der Waals surface area contributed by atoms with Gasteiger partial charge in [-0.1, -0.05) is 18.2 Å². The molecule has 13 heavy (non-hydrogen) atoms. The van der Waals surface area contributed by atoms with Crippen LogP contribution in [0.1, 0.15) is 15.9 Å². The molecule has 0 amide bonds. The van der Waals surface area contributed by atoms with Gasteiger partial charge in [-0.25, -0.2) is 0 Å². The smallest absolute Gasteiger partial charge is 0.167 e. The van der Waals surface area contributed by atoms with Crippen molar-refractivity contribution in [2.24, 2.45) is 0 Å². The van der Waals surface area contributed by atoms with Crippen LogP contribution < -0.4 is 0 Å². The molecule has 2 nitrogen and oxygen atoms in total. The molecule has 0 saturated heterocycles. The zero-order chi connectivity index (χ0) is 8.84. The molecule has 0 fully saturated rings. The van der Waals surface area contributed by atoms with E-state index in [4.69, 9.17) is 0 Å². The number of aromatic nitrogens is 1. The van der Waals surface area contributed by atoms with Gasteiger partial charge in [0.1, 0.15) is 0 Å². The monoisotopic (exact) mass is 169 g/mol. The highest BCUT2D eigenvalue weighted by molar-refractivity contribution is 6.15. The molecule has 2 heteroatoms. The van der Waals surface area contributed by atoms with Crippen molar-refractivity contribution >= 4 is 16.6 Å². The lowest BCUT2D eigenvalue weighted by molar-refractivity contribution is 0.1000. The van der Waals surface area contributed by atoms with Crippen LogP contribution in [0.3, 0.4) is 0 Å². The van der Waals surface area contributed by atoms with Gasteiger partial charge in [0.25, 0.3) is 0 Å². The quantitative estimate of drug-likeness (QED) is 0.603. The molecule has 1 aromatic heterocycles. The molecular formula is C11H7NO. The van der Waals surface area contributed by atoms with Gasteiger partial charge in [-0.15, -0.1) is 0 Å². The molecule has 1 heterocycles. The standard InChI is InChI=1S/C11H7NO/c13-10-4-8-6-12-5-7-2-1-3-9(10)11(7)8/h1-3,5-6H,4H2. The highest BCUT2D eigenvalue weighted by Gasteiger charge is 2.20. The van der Waals surface area contributed by atoms with E-state index in [1.807, 2.05) is 18.2 Å². The second kappa shape index (κ2) is 2.16. The molecule has 0 spiro atoms. The van der Waals surface area contributed by atoms with Crippen LogP contribution in [0.2, 0.25) is 0 Å². The normalized spacial score (nSPS) is 14.0. The average Bonchev–Trinajstić information content (AvgIpc) is 2.47. The summed E-state index contributed by atoms with van der Waals surface area (Å²) < 4.78 is 0. The van der Waals surface area contributed by atoms with E-state index in [0.29, 0.717) is 6.42 Å². The predicted octanol–water partition coefficient (Wildman–Crippen LogP) is 1.97. The van der Waals surface area contributed by atoms with Gasteiger partial charge in [-0.3, -0.25) is 9.78 Å². The van der Waals surface area contributed by atoms with E-state index in [9.17, 15) is 4.79 Å². The maximum absolute atomic E-state index is 11.5. The Kier molecular flexibility index (Phi) is 1.13. The van der Waals surface area contributed by atoms with Crippen molar-refractivity contribution in [2.75, 3.05) is 0 Å². The lowest BCUT2D eigenvalue weighted by atomic mass is 10.1. The summed E-state index contributed by atoms with van der Waals surface area (Å²) in [5.74, 6) is 0.216. The molecule has 1 aromatic carbocycles. The molecule has 1 aliphatic carbocycles. The van der Waals surface area contributed by atoms with Gasteiger partial charge in [0.2, 0.25) is 0 Å². The number of benzene rings is 1. The molecule has 0 radical (unpaired) electrons. The first-order valence-electron chi connectivity index (χ1n) is 4.25. The molecule has 0 unspecified atom stereocenters. The molecule has 2 aromatic rings. The van der Waals surface area contributed by atoms with E-state index in [1.165, 1.54) is 0 Å². The lowest BCUT2D eigenvalue weighted by Crippen LogP contribution is -1.93. The molecule has 1 aliphatic rings. The van der Waals surface area contributed by atoms with E-state index in [1.54, 1.807) is 12.4 Å². The van der Waals surface area contributed by atoms with Crippen molar-refractivity contribution in [1.82, 2.24) is 4.98 Å². The van der Waals surface area contributed by atoms with Crippen LogP contribution in [0.15, 0.2) is 30.6 Å². The largest absolute Gasteiger partial charge is 0.294 e.